The van der Waals surface area contributed by atoms with Gasteiger partial charge < -0.3 is 10.2 Å². The maximum atomic E-state index is 13.0. The number of nitrogens with zero attached hydrogens (tertiary/aromatic N) is 5. The van der Waals surface area contributed by atoms with Crippen molar-refractivity contribution in [2.75, 3.05) is 17.3 Å². The van der Waals surface area contributed by atoms with Crippen LogP contribution in [0.25, 0.3) is 0 Å². The van der Waals surface area contributed by atoms with E-state index in [4.69, 9.17) is 4.98 Å². The first-order chi connectivity index (χ1) is 14.5. The molecule has 168 valence electrons. The van der Waals surface area contributed by atoms with Gasteiger partial charge in [-0.25, -0.2) is 9.97 Å². The fraction of sp³-hybridized carbons (Fsp3) is 0.619. The maximum absolute atomic E-state index is 13.0. The number of amides is 1. The second kappa shape index (κ2) is 7.80. The molecule has 31 heavy (non-hydrogen) atoms. The molecule has 1 fully saturated rings. The minimum Gasteiger partial charge on any atom is -0.346 e. The van der Waals surface area contributed by atoms with E-state index in [-0.39, 0.29) is 30.3 Å². The summed E-state index contributed by atoms with van der Waals surface area (Å²) in [7, 11) is 1.88. The van der Waals surface area contributed by atoms with E-state index in [1.165, 1.54) is 6.20 Å². The minimum absolute atomic E-state index is 0.0527. The fourth-order valence-corrected chi connectivity index (χ4v) is 4.77. The van der Waals surface area contributed by atoms with Crippen LogP contribution in [0.1, 0.15) is 43.9 Å². The van der Waals surface area contributed by atoms with E-state index in [0.29, 0.717) is 23.9 Å². The molecule has 1 atom stereocenters. The van der Waals surface area contributed by atoms with Gasteiger partial charge >= 0.3 is 6.18 Å². The van der Waals surface area contributed by atoms with Crippen molar-refractivity contribution in [1.29, 1.82) is 0 Å². The van der Waals surface area contributed by atoms with Crippen LogP contribution in [0.15, 0.2) is 12.3 Å². The first-order valence-corrected chi connectivity index (χ1v) is 10.5. The molecule has 0 spiro atoms. The third-order valence-corrected chi connectivity index (χ3v) is 6.26. The van der Waals surface area contributed by atoms with E-state index >= 15 is 0 Å². The van der Waals surface area contributed by atoms with Gasteiger partial charge in [-0.2, -0.15) is 18.3 Å². The van der Waals surface area contributed by atoms with Crippen molar-refractivity contribution in [1.82, 2.24) is 19.7 Å². The zero-order valence-electron chi connectivity index (χ0n) is 18.1. The van der Waals surface area contributed by atoms with Gasteiger partial charge in [0.1, 0.15) is 23.2 Å². The smallest absolute Gasteiger partial charge is 0.346 e. The van der Waals surface area contributed by atoms with Crippen LogP contribution in [0, 0.1) is 24.7 Å². The molecular formula is C21H27F3N6O. The molecule has 0 bridgehead atoms. The summed E-state index contributed by atoms with van der Waals surface area (Å²) in [6, 6.07) is 0.721. The van der Waals surface area contributed by atoms with Gasteiger partial charge in [0.25, 0.3) is 0 Å². The summed E-state index contributed by atoms with van der Waals surface area (Å²) in [5.74, 6) is 2.01. The number of carbonyl (C=O) groups excluding carboxylic acids is 1. The fourth-order valence-electron chi connectivity index (χ4n) is 4.77. The van der Waals surface area contributed by atoms with Crippen LogP contribution in [0.3, 0.4) is 0 Å². The van der Waals surface area contributed by atoms with Crippen molar-refractivity contribution in [3.63, 3.8) is 0 Å². The van der Waals surface area contributed by atoms with Crippen LogP contribution in [-0.2, 0) is 23.9 Å². The zero-order valence-corrected chi connectivity index (χ0v) is 18.1. The molecule has 10 heteroatoms. The lowest BCUT2D eigenvalue weighted by atomic mass is 9.73. The van der Waals surface area contributed by atoms with Crippen molar-refractivity contribution in [2.24, 2.45) is 17.8 Å². The minimum atomic E-state index is -4.39. The predicted octanol–water partition coefficient (Wildman–Crippen LogP) is 3.68. The lowest BCUT2D eigenvalue weighted by Crippen LogP contribution is -2.49. The Morgan fingerprint density at radius 1 is 1.23 bits per heavy atom. The normalized spacial score (nSPS) is 23.5. The molecule has 4 rings (SSSR count). The Kier molecular flexibility index (Phi) is 5.43. The monoisotopic (exact) mass is 436 g/mol. The van der Waals surface area contributed by atoms with Crippen LogP contribution in [0.5, 0.6) is 0 Å². The first-order valence-electron chi connectivity index (χ1n) is 10.5. The molecule has 7 nitrogen and oxygen atoms in total. The van der Waals surface area contributed by atoms with E-state index < -0.39 is 11.9 Å². The van der Waals surface area contributed by atoms with Crippen molar-refractivity contribution in [3.05, 3.63) is 29.5 Å². The number of rotatable bonds is 5. The maximum Gasteiger partial charge on any atom is 0.433 e. The highest BCUT2D eigenvalue weighted by Gasteiger charge is 2.38. The average Bonchev–Trinajstić information content (AvgIpc) is 3.09. The highest BCUT2D eigenvalue weighted by Crippen LogP contribution is 2.39. The molecule has 0 unspecified atom stereocenters. The second-order valence-electron chi connectivity index (χ2n) is 9.02. The number of alkyl halides is 3. The Bertz CT molecular complexity index is 980. The van der Waals surface area contributed by atoms with Crippen molar-refractivity contribution >= 4 is 17.4 Å². The summed E-state index contributed by atoms with van der Waals surface area (Å²) in [6.07, 6.45) is -0.883. The molecular weight excluding hydrogens is 409 g/mol. The molecule has 0 aromatic carbocycles. The van der Waals surface area contributed by atoms with Crippen LogP contribution in [0.4, 0.5) is 24.7 Å². The van der Waals surface area contributed by atoms with Gasteiger partial charge in [-0.15, -0.1) is 0 Å². The lowest BCUT2D eigenvalue weighted by Gasteiger charge is -2.38. The Morgan fingerprint density at radius 3 is 2.58 bits per heavy atom. The SMILES string of the molecule is Cc1nc(CC2CC(Cn3nccc3C(F)(F)F)C2)nc2c1NC(=O)[C@H](C(C)C)N2C. The lowest BCUT2D eigenvalue weighted by molar-refractivity contribution is -0.144. The summed E-state index contributed by atoms with van der Waals surface area (Å²) < 4.78 is 40.1. The number of halogens is 3. The van der Waals surface area contributed by atoms with Gasteiger partial charge in [0.05, 0.1) is 5.69 Å². The molecule has 2 aliphatic rings. The number of aryl methyl sites for hydroxylation is 1. The number of hydrogen-bond donors (Lipinski definition) is 1. The largest absolute Gasteiger partial charge is 0.433 e. The third-order valence-electron chi connectivity index (χ3n) is 6.26. The number of anilines is 2. The number of nitrogens with one attached hydrogen (secondary N) is 1. The zero-order chi connectivity index (χ0) is 22.5. The molecule has 0 radical (unpaired) electrons. The summed E-state index contributed by atoms with van der Waals surface area (Å²) in [6.45, 7) is 6.12. The summed E-state index contributed by atoms with van der Waals surface area (Å²) in [5, 5.41) is 6.78. The summed E-state index contributed by atoms with van der Waals surface area (Å²) in [5.41, 5.74) is 0.678. The number of aromatic nitrogens is 4. The van der Waals surface area contributed by atoms with Gasteiger partial charge in [0, 0.05) is 26.2 Å². The topological polar surface area (TPSA) is 75.9 Å². The molecule has 1 saturated carbocycles. The van der Waals surface area contributed by atoms with Crippen LogP contribution in [0.2, 0.25) is 0 Å². The van der Waals surface area contributed by atoms with E-state index in [9.17, 15) is 18.0 Å². The Labute approximate surface area is 179 Å². The molecule has 2 aromatic heterocycles. The molecule has 2 aromatic rings. The number of carbonyl (C=O) groups is 1. The summed E-state index contributed by atoms with van der Waals surface area (Å²) in [4.78, 5) is 23.7. The number of likely N-dealkylation sites (N-methyl/N-ethyl adjacent to an activating group) is 1. The van der Waals surface area contributed by atoms with Gasteiger partial charge in [-0.3, -0.25) is 9.48 Å². The van der Waals surface area contributed by atoms with Crippen molar-refractivity contribution in [3.8, 4) is 0 Å². The molecule has 1 N–H and O–H groups in total. The predicted molar refractivity (Wildman–Crippen MR) is 110 cm³/mol. The Balaban J connectivity index is 1.42. The average molecular weight is 436 g/mol. The molecule has 3 heterocycles. The van der Waals surface area contributed by atoms with Crippen LogP contribution >= 0.6 is 0 Å². The number of fused-ring (bicyclic) bond motifs is 1. The van der Waals surface area contributed by atoms with Gasteiger partial charge in [0.2, 0.25) is 5.91 Å². The summed E-state index contributed by atoms with van der Waals surface area (Å²) >= 11 is 0. The second-order valence-corrected chi connectivity index (χ2v) is 9.02. The van der Waals surface area contributed by atoms with E-state index in [0.717, 1.165) is 35.1 Å². The van der Waals surface area contributed by atoms with E-state index in [1.54, 1.807) is 0 Å². The van der Waals surface area contributed by atoms with E-state index in [2.05, 4.69) is 15.4 Å². The van der Waals surface area contributed by atoms with Gasteiger partial charge in [-0.1, -0.05) is 13.8 Å². The quantitative estimate of drug-likeness (QED) is 0.774. The first kappa shape index (κ1) is 21.6. The third kappa shape index (κ3) is 4.12. The van der Waals surface area contributed by atoms with Gasteiger partial charge in [-0.05, 0) is 43.6 Å². The number of hydrogen-bond acceptors (Lipinski definition) is 5. The highest BCUT2D eigenvalue weighted by molar-refractivity contribution is 6.03. The molecule has 1 aliphatic carbocycles. The Hall–Kier alpha value is -2.65. The molecule has 1 amide bonds. The molecule has 0 saturated heterocycles. The van der Waals surface area contributed by atoms with Crippen molar-refractivity contribution in [2.45, 2.75) is 58.8 Å². The van der Waals surface area contributed by atoms with Gasteiger partial charge in [0.15, 0.2) is 5.82 Å². The van der Waals surface area contributed by atoms with Crippen LogP contribution < -0.4 is 10.2 Å². The van der Waals surface area contributed by atoms with Crippen molar-refractivity contribution < 1.29 is 18.0 Å². The Morgan fingerprint density at radius 2 is 1.94 bits per heavy atom. The molecule has 1 aliphatic heterocycles. The van der Waals surface area contributed by atoms with E-state index in [1.807, 2.05) is 32.7 Å². The van der Waals surface area contributed by atoms with Crippen LogP contribution in [-0.4, -0.2) is 38.7 Å². The highest BCUT2D eigenvalue weighted by atomic mass is 19.4. The standard InChI is InChI=1S/C21H27F3N6O/c1-11(2)18-20(31)28-17-12(3)26-16(27-19(17)29(18)4)9-13-7-14(8-13)10-30-15(5-6-25-30)21(22,23)24/h5-6,11,13-14,18H,7-10H2,1-4H3,(H,28,31)/t13?,14?,18-/m0/s1.